The molecule has 0 unspecified atom stereocenters. The summed E-state index contributed by atoms with van der Waals surface area (Å²) in [6.07, 6.45) is 1.92. The maximum Gasteiger partial charge on any atom is 0.221 e. The van der Waals surface area contributed by atoms with E-state index in [2.05, 4.69) is 15.4 Å². The lowest BCUT2D eigenvalue weighted by Gasteiger charge is -2.02. The number of amides is 1. The Morgan fingerprint density at radius 3 is 2.46 bits per heavy atom. The summed E-state index contributed by atoms with van der Waals surface area (Å²) in [7, 11) is 0. The van der Waals surface area contributed by atoms with Crippen LogP contribution in [0.3, 0.4) is 0 Å². The molecule has 2 aromatic heterocycles. The topological polar surface area (TPSA) is 59.3 Å². The van der Waals surface area contributed by atoms with Crippen molar-refractivity contribution >= 4 is 27.9 Å². The van der Waals surface area contributed by atoms with Crippen LogP contribution in [0.1, 0.15) is 6.92 Å². The second-order valence-electron chi connectivity index (χ2n) is 5.39. The zero-order valence-electron chi connectivity index (χ0n) is 12.9. The third kappa shape index (κ3) is 2.79. The number of hydrogen-bond donors (Lipinski definition) is 1. The van der Waals surface area contributed by atoms with Crippen LogP contribution in [-0.4, -0.2) is 20.5 Å². The average molecular weight is 334 g/mol. The highest BCUT2D eigenvalue weighted by molar-refractivity contribution is 7.19. The van der Waals surface area contributed by atoms with Gasteiger partial charge in [0, 0.05) is 23.7 Å². The minimum Gasteiger partial charge on any atom is -0.326 e. The summed E-state index contributed by atoms with van der Waals surface area (Å²) in [6.45, 7) is 1.49. The minimum absolute atomic E-state index is 0.0807. The van der Waals surface area contributed by atoms with Crippen molar-refractivity contribution in [3.8, 4) is 21.8 Å². The molecule has 0 bridgehead atoms. The highest BCUT2D eigenvalue weighted by atomic mass is 32.1. The van der Waals surface area contributed by atoms with Crippen LogP contribution >= 0.6 is 11.3 Å². The molecule has 4 aromatic rings. The van der Waals surface area contributed by atoms with Crippen molar-refractivity contribution < 1.29 is 4.79 Å². The van der Waals surface area contributed by atoms with Gasteiger partial charge in [0.25, 0.3) is 0 Å². The third-order valence-electron chi connectivity index (χ3n) is 3.56. The van der Waals surface area contributed by atoms with Crippen LogP contribution in [0, 0.1) is 0 Å². The van der Waals surface area contributed by atoms with Crippen molar-refractivity contribution in [1.82, 2.24) is 14.6 Å². The summed E-state index contributed by atoms with van der Waals surface area (Å²) in [5.41, 5.74) is 3.72. The van der Waals surface area contributed by atoms with Crippen molar-refractivity contribution in [2.75, 3.05) is 5.32 Å². The Bertz CT molecular complexity index is 971. The molecule has 4 rings (SSSR count). The van der Waals surface area contributed by atoms with Gasteiger partial charge in [-0.05, 0) is 12.1 Å². The minimum atomic E-state index is -0.0807. The number of rotatable bonds is 3. The van der Waals surface area contributed by atoms with Crippen molar-refractivity contribution in [2.45, 2.75) is 6.92 Å². The monoisotopic (exact) mass is 334 g/mol. The van der Waals surface area contributed by atoms with Crippen molar-refractivity contribution in [2.24, 2.45) is 0 Å². The Morgan fingerprint density at radius 1 is 1.04 bits per heavy atom. The molecule has 0 radical (unpaired) electrons. The standard InChI is InChI=1S/C18H14N4OS/c1-12(23)19-15-9-7-13(8-10-15)16-11-22-18(20-16)24-17(21-22)14-5-3-2-4-6-14/h2-11H,1H3,(H,19,23). The van der Waals surface area contributed by atoms with Crippen LogP contribution in [0.15, 0.2) is 60.8 Å². The van der Waals surface area contributed by atoms with Gasteiger partial charge in [-0.1, -0.05) is 53.8 Å². The number of carbonyl (C=O) groups excluding carboxylic acids is 1. The van der Waals surface area contributed by atoms with E-state index < -0.39 is 0 Å². The van der Waals surface area contributed by atoms with Crippen LogP contribution in [0.2, 0.25) is 0 Å². The molecule has 1 N–H and O–H groups in total. The molecule has 0 aliphatic rings. The van der Waals surface area contributed by atoms with Gasteiger partial charge in [0.05, 0.1) is 11.9 Å². The summed E-state index contributed by atoms with van der Waals surface area (Å²) in [6, 6.07) is 17.7. The van der Waals surface area contributed by atoms with Crippen molar-refractivity contribution in [3.05, 3.63) is 60.8 Å². The number of carbonyl (C=O) groups is 1. The number of nitrogens with zero attached hydrogens (tertiary/aromatic N) is 3. The highest BCUT2D eigenvalue weighted by Crippen LogP contribution is 2.28. The van der Waals surface area contributed by atoms with Crippen LogP contribution < -0.4 is 5.32 Å². The molecule has 6 heteroatoms. The zero-order valence-corrected chi connectivity index (χ0v) is 13.7. The molecular weight excluding hydrogens is 320 g/mol. The summed E-state index contributed by atoms with van der Waals surface area (Å²) in [4.78, 5) is 16.6. The number of fused-ring (bicyclic) bond motifs is 1. The number of nitrogens with one attached hydrogen (secondary N) is 1. The van der Waals surface area contributed by atoms with Crippen LogP contribution in [-0.2, 0) is 4.79 Å². The van der Waals surface area contributed by atoms with Gasteiger partial charge in [-0.2, -0.15) is 5.10 Å². The van der Waals surface area contributed by atoms with E-state index in [-0.39, 0.29) is 5.91 Å². The quantitative estimate of drug-likeness (QED) is 0.614. The number of hydrogen-bond acceptors (Lipinski definition) is 4. The summed E-state index contributed by atoms with van der Waals surface area (Å²) in [5, 5.41) is 8.31. The zero-order chi connectivity index (χ0) is 16.5. The van der Waals surface area contributed by atoms with E-state index in [0.717, 1.165) is 32.5 Å². The first-order chi connectivity index (χ1) is 11.7. The first-order valence-electron chi connectivity index (χ1n) is 7.49. The van der Waals surface area contributed by atoms with Gasteiger partial charge in [0.1, 0.15) is 5.01 Å². The first-order valence-corrected chi connectivity index (χ1v) is 8.30. The molecule has 1 amide bonds. The fraction of sp³-hybridized carbons (Fsp3) is 0.0556. The van der Waals surface area contributed by atoms with E-state index in [1.165, 1.54) is 6.92 Å². The molecule has 24 heavy (non-hydrogen) atoms. The van der Waals surface area contributed by atoms with Crippen molar-refractivity contribution in [3.63, 3.8) is 0 Å². The van der Waals surface area contributed by atoms with Gasteiger partial charge in [0.15, 0.2) is 0 Å². The van der Waals surface area contributed by atoms with Gasteiger partial charge in [-0.15, -0.1) is 0 Å². The maximum atomic E-state index is 11.1. The lowest BCUT2D eigenvalue weighted by atomic mass is 10.1. The van der Waals surface area contributed by atoms with E-state index in [0.29, 0.717) is 0 Å². The van der Waals surface area contributed by atoms with Crippen LogP contribution in [0.25, 0.3) is 26.8 Å². The second kappa shape index (κ2) is 5.90. The van der Waals surface area contributed by atoms with Gasteiger partial charge < -0.3 is 5.32 Å². The fourth-order valence-electron chi connectivity index (χ4n) is 2.46. The molecule has 0 aliphatic carbocycles. The molecule has 0 saturated carbocycles. The fourth-order valence-corrected chi connectivity index (χ4v) is 3.35. The third-order valence-corrected chi connectivity index (χ3v) is 4.54. The molecule has 0 spiro atoms. The number of anilines is 1. The molecular formula is C18H14N4OS. The highest BCUT2D eigenvalue weighted by Gasteiger charge is 2.11. The SMILES string of the molecule is CC(=O)Nc1ccc(-c2cn3nc(-c4ccccc4)sc3n2)cc1. The van der Waals surface area contributed by atoms with Gasteiger partial charge in [-0.3, -0.25) is 4.79 Å². The Kier molecular flexibility index (Phi) is 3.59. The predicted octanol–water partition coefficient (Wildman–Crippen LogP) is 4.08. The van der Waals surface area contributed by atoms with Crippen LogP contribution in [0.5, 0.6) is 0 Å². The largest absolute Gasteiger partial charge is 0.326 e. The lowest BCUT2D eigenvalue weighted by Crippen LogP contribution is -2.05. The van der Waals surface area contributed by atoms with Gasteiger partial charge >= 0.3 is 0 Å². The normalized spacial score (nSPS) is 10.9. The summed E-state index contributed by atoms with van der Waals surface area (Å²) in [5.74, 6) is -0.0807. The second-order valence-corrected chi connectivity index (χ2v) is 6.34. The molecule has 118 valence electrons. The predicted molar refractivity (Wildman–Crippen MR) is 96.0 cm³/mol. The van der Waals surface area contributed by atoms with Gasteiger partial charge in [0.2, 0.25) is 10.9 Å². The van der Waals surface area contributed by atoms with E-state index in [1.54, 1.807) is 11.3 Å². The lowest BCUT2D eigenvalue weighted by molar-refractivity contribution is -0.114. The van der Waals surface area contributed by atoms with E-state index in [9.17, 15) is 4.79 Å². The van der Waals surface area contributed by atoms with Crippen LogP contribution in [0.4, 0.5) is 5.69 Å². The van der Waals surface area contributed by atoms with E-state index in [1.807, 2.05) is 65.3 Å². The van der Waals surface area contributed by atoms with Gasteiger partial charge in [-0.25, -0.2) is 9.50 Å². The maximum absolute atomic E-state index is 11.1. The van der Waals surface area contributed by atoms with Crippen molar-refractivity contribution in [1.29, 1.82) is 0 Å². The molecule has 0 saturated heterocycles. The van der Waals surface area contributed by atoms with E-state index in [4.69, 9.17) is 0 Å². The van der Waals surface area contributed by atoms with E-state index >= 15 is 0 Å². The summed E-state index contributed by atoms with van der Waals surface area (Å²) >= 11 is 1.56. The summed E-state index contributed by atoms with van der Waals surface area (Å²) < 4.78 is 1.81. The molecule has 2 heterocycles. The smallest absolute Gasteiger partial charge is 0.221 e. The Balaban J connectivity index is 1.64. The average Bonchev–Trinajstić information content (AvgIpc) is 3.15. The number of imidazole rings is 1. The molecule has 0 aliphatic heterocycles. The molecule has 2 aromatic carbocycles. The molecule has 0 fully saturated rings. The first kappa shape index (κ1) is 14.6. The Hall–Kier alpha value is -2.99. The Morgan fingerprint density at radius 2 is 1.79 bits per heavy atom. The number of aromatic nitrogens is 3. The molecule has 0 atom stereocenters. The molecule has 5 nitrogen and oxygen atoms in total. The Labute approximate surface area is 142 Å². The number of benzene rings is 2.